The molecule has 0 unspecified atom stereocenters. The van der Waals surface area contributed by atoms with E-state index in [2.05, 4.69) is 15.6 Å². The molecule has 0 spiro atoms. The Labute approximate surface area is 153 Å². The van der Waals surface area contributed by atoms with E-state index in [0.717, 1.165) is 43.3 Å². The number of anilines is 1. The van der Waals surface area contributed by atoms with Gasteiger partial charge in [-0.3, -0.25) is 4.79 Å². The van der Waals surface area contributed by atoms with E-state index in [1.54, 1.807) is 0 Å². The maximum Gasteiger partial charge on any atom is 0.417 e. The molecule has 1 aromatic heterocycles. The minimum Gasteiger partial charge on any atom is -0.317 e. The van der Waals surface area contributed by atoms with E-state index >= 15 is 0 Å². The molecule has 0 saturated carbocycles. The molecule has 1 amide bonds. The van der Waals surface area contributed by atoms with Gasteiger partial charge in [0.1, 0.15) is 0 Å². The minimum absolute atomic E-state index is 0. The van der Waals surface area contributed by atoms with Crippen LogP contribution in [0.3, 0.4) is 0 Å². The number of hydrogen-bond donors (Lipinski definition) is 2. The zero-order valence-corrected chi connectivity index (χ0v) is 14.7. The maximum absolute atomic E-state index is 13.1. The van der Waals surface area contributed by atoms with Crippen molar-refractivity contribution >= 4 is 34.8 Å². The molecule has 9 heteroatoms. The van der Waals surface area contributed by atoms with Crippen LogP contribution in [0.15, 0.2) is 29.6 Å². The third-order valence-electron chi connectivity index (χ3n) is 3.95. The molecule has 1 aromatic carbocycles. The number of alkyl halides is 3. The standard InChI is InChI=1S/C16H16F3N3OS.ClH/c17-16(18,19)12-4-2-1-3-11(12)13-9-24-15(21-13)22-14(23)10-5-7-20-8-6-10;/h1-4,9-10,20H,5-8H2,(H,21,22,23);1H. The van der Waals surface area contributed by atoms with Crippen LogP contribution in [0.5, 0.6) is 0 Å². The van der Waals surface area contributed by atoms with Crippen LogP contribution in [-0.2, 0) is 11.0 Å². The van der Waals surface area contributed by atoms with E-state index in [-0.39, 0.29) is 35.5 Å². The summed E-state index contributed by atoms with van der Waals surface area (Å²) in [5, 5.41) is 7.75. The Morgan fingerprint density at radius 2 is 1.92 bits per heavy atom. The minimum atomic E-state index is -4.45. The summed E-state index contributed by atoms with van der Waals surface area (Å²) in [7, 11) is 0. The van der Waals surface area contributed by atoms with Gasteiger partial charge in [0.2, 0.25) is 5.91 Å². The van der Waals surface area contributed by atoms with Crippen molar-refractivity contribution in [3.63, 3.8) is 0 Å². The zero-order valence-electron chi connectivity index (χ0n) is 13.1. The van der Waals surface area contributed by atoms with E-state index in [1.807, 2.05) is 0 Å². The average molecular weight is 392 g/mol. The fraction of sp³-hybridized carbons (Fsp3) is 0.375. The Balaban J connectivity index is 0.00000225. The highest BCUT2D eigenvalue weighted by molar-refractivity contribution is 7.14. The van der Waals surface area contributed by atoms with Gasteiger partial charge in [0.25, 0.3) is 0 Å². The second-order valence-corrected chi connectivity index (χ2v) is 6.45. The number of amides is 1. The summed E-state index contributed by atoms with van der Waals surface area (Å²) in [6.45, 7) is 1.58. The van der Waals surface area contributed by atoms with Gasteiger partial charge in [-0.05, 0) is 32.0 Å². The molecule has 3 rings (SSSR count). The van der Waals surface area contributed by atoms with Crippen LogP contribution < -0.4 is 10.6 Å². The number of nitrogens with one attached hydrogen (secondary N) is 2. The van der Waals surface area contributed by atoms with Gasteiger partial charge in [0.15, 0.2) is 5.13 Å². The first-order chi connectivity index (χ1) is 11.4. The lowest BCUT2D eigenvalue weighted by Gasteiger charge is -2.21. The number of benzene rings is 1. The van der Waals surface area contributed by atoms with Gasteiger partial charge < -0.3 is 10.6 Å². The molecule has 0 radical (unpaired) electrons. The number of piperidine rings is 1. The largest absolute Gasteiger partial charge is 0.417 e. The summed E-state index contributed by atoms with van der Waals surface area (Å²) in [5.41, 5.74) is -0.497. The van der Waals surface area contributed by atoms with E-state index < -0.39 is 11.7 Å². The van der Waals surface area contributed by atoms with E-state index in [0.29, 0.717) is 5.13 Å². The van der Waals surface area contributed by atoms with Crippen LogP contribution in [0.4, 0.5) is 18.3 Å². The van der Waals surface area contributed by atoms with Gasteiger partial charge in [0.05, 0.1) is 11.3 Å². The van der Waals surface area contributed by atoms with Crippen molar-refractivity contribution in [2.24, 2.45) is 5.92 Å². The Hall–Kier alpha value is -1.64. The van der Waals surface area contributed by atoms with Crippen molar-refractivity contribution in [1.29, 1.82) is 0 Å². The quantitative estimate of drug-likeness (QED) is 0.824. The van der Waals surface area contributed by atoms with Crippen molar-refractivity contribution < 1.29 is 18.0 Å². The average Bonchev–Trinajstić information content (AvgIpc) is 3.03. The summed E-state index contributed by atoms with van der Waals surface area (Å²) in [4.78, 5) is 16.3. The highest BCUT2D eigenvalue weighted by atomic mass is 35.5. The topological polar surface area (TPSA) is 54.0 Å². The van der Waals surface area contributed by atoms with Crippen LogP contribution >= 0.6 is 23.7 Å². The molecule has 4 nitrogen and oxygen atoms in total. The Morgan fingerprint density at radius 3 is 2.60 bits per heavy atom. The zero-order chi connectivity index (χ0) is 17.2. The SMILES string of the molecule is Cl.O=C(Nc1nc(-c2ccccc2C(F)(F)F)cs1)C1CCNCC1. The van der Waals surface area contributed by atoms with Gasteiger partial charge in [-0.2, -0.15) is 13.2 Å². The summed E-state index contributed by atoms with van der Waals surface area (Å²) in [6.07, 6.45) is -2.94. The lowest BCUT2D eigenvalue weighted by molar-refractivity contribution is -0.137. The first kappa shape index (κ1) is 19.7. The first-order valence-corrected chi connectivity index (χ1v) is 8.47. The van der Waals surface area contributed by atoms with Crippen LogP contribution in [0.1, 0.15) is 18.4 Å². The summed E-state index contributed by atoms with van der Waals surface area (Å²) >= 11 is 1.13. The van der Waals surface area contributed by atoms with Crippen molar-refractivity contribution in [3.8, 4) is 11.3 Å². The normalized spacial score (nSPS) is 15.5. The molecule has 2 N–H and O–H groups in total. The highest BCUT2D eigenvalue weighted by Crippen LogP contribution is 2.37. The van der Waals surface area contributed by atoms with Gasteiger partial charge in [0, 0.05) is 16.9 Å². The van der Waals surface area contributed by atoms with Gasteiger partial charge >= 0.3 is 6.18 Å². The summed E-state index contributed by atoms with van der Waals surface area (Å²) in [6, 6.07) is 5.30. The van der Waals surface area contributed by atoms with Crippen LogP contribution in [0, 0.1) is 5.92 Å². The summed E-state index contributed by atoms with van der Waals surface area (Å²) < 4.78 is 39.3. The molecular weight excluding hydrogens is 375 g/mol. The van der Waals surface area contributed by atoms with E-state index in [1.165, 1.54) is 23.6 Å². The fourth-order valence-corrected chi connectivity index (χ4v) is 3.41. The van der Waals surface area contributed by atoms with Crippen molar-refractivity contribution in [2.45, 2.75) is 19.0 Å². The number of aromatic nitrogens is 1. The molecule has 1 fully saturated rings. The van der Waals surface area contributed by atoms with Crippen LogP contribution in [0.2, 0.25) is 0 Å². The number of halogens is 4. The molecule has 1 aliphatic heterocycles. The number of carbonyl (C=O) groups excluding carboxylic acids is 1. The monoisotopic (exact) mass is 391 g/mol. The summed E-state index contributed by atoms with van der Waals surface area (Å²) in [5.74, 6) is -0.206. The van der Waals surface area contributed by atoms with Gasteiger partial charge in [-0.1, -0.05) is 18.2 Å². The Kier molecular flexibility index (Phi) is 6.42. The van der Waals surface area contributed by atoms with E-state index in [9.17, 15) is 18.0 Å². The number of nitrogens with zero attached hydrogens (tertiary/aromatic N) is 1. The molecule has 0 aliphatic carbocycles. The molecule has 0 bridgehead atoms. The molecule has 25 heavy (non-hydrogen) atoms. The third kappa shape index (κ3) is 4.71. The number of hydrogen-bond acceptors (Lipinski definition) is 4. The number of thiazole rings is 1. The lowest BCUT2D eigenvalue weighted by Crippen LogP contribution is -2.34. The molecule has 2 heterocycles. The Bertz CT molecular complexity index is 729. The highest BCUT2D eigenvalue weighted by Gasteiger charge is 2.34. The van der Waals surface area contributed by atoms with Crippen LogP contribution in [0.25, 0.3) is 11.3 Å². The number of rotatable bonds is 3. The molecule has 2 aromatic rings. The Morgan fingerprint density at radius 1 is 1.24 bits per heavy atom. The van der Waals surface area contributed by atoms with Crippen molar-refractivity contribution in [2.75, 3.05) is 18.4 Å². The smallest absolute Gasteiger partial charge is 0.317 e. The predicted molar refractivity (Wildman–Crippen MR) is 94.0 cm³/mol. The molecule has 0 atom stereocenters. The molecular formula is C16H17ClF3N3OS. The number of carbonyl (C=O) groups is 1. The molecule has 1 saturated heterocycles. The fourth-order valence-electron chi connectivity index (χ4n) is 2.70. The van der Waals surface area contributed by atoms with Gasteiger partial charge in [-0.15, -0.1) is 23.7 Å². The van der Waals surface area contributed by atoms with Crippen LogP contribution in [-0.4, -0.2) is 24.0 Å². The van der Waals surface area contributed by atoms with Crippen molar-refractivity contribution in [3.05, 3.63) is 35.2 Å². The predicted octanol–water partition coefficient (Wildman–Crippen LogP) is 4.19. The third-order valence-corrected chi connectivity index (χ3v) is 4.71. The second-order valence-electron chi connectivity index (χ2n) is 5.59. The maximum atomic E-state index is 13.1. The van der Waals surface area contributed by atoms with Gasteiger partial charge in [-0.25, -0.2) is 4.98 Å². The van der Waals surface area contributed by atoms with Crippen molar-refractivity contribution in [1.82, 2.24) is 10.3 Å². The molecule has 1 aliphatic rings. The first-order valence-electron chi connectivity index (χ1n) is 7.59. The second kappa shape index (κ2) is 8.16. The van der Waals surface area contributed by atoms with E-state index in [4.69, 9.17) is 0 Å². The lowest BCUT2D eigenvalue weighted by atomic mass is 9.97. The molecule has 136 valence electrons.